The average Bonchev–Trinajstić information content (AvgIpc) is 2.92. The van der Waals surface area contributed by atoms with Crippen LogP contribution < -0.4 is 25.1 Å². The van der Waals surface area contributed by atoms with Crippen molar-refractivity contribution in [1.29, 1.82) is 0 Å². The lowest BCUT2D eigenvalue weighted by Gasteiger charge is -2.14. The van der Waals surface area contributed by atoms with Crippen molar-refractivity contribution in [3.63, 3.8) is 0 Å². The molecule has 1 unspecified atom stereocenters. The van der Waals surface area contributed by atoms with Crippen molar-refractivity contribution in [1.82, 2.24) is 14.9 Å². The highest BCUT2D eigenvalue weighted by atomic mass is 16.5. The largest absolute Gasteiger partial charge is 0.493 e. The van der Waals surface area contributed by atoms with E-state index in [0.29, 0.717) is 41.2 Å². The first-order chi connectivity index (χ1) is 17.5. The highest BCUT2D eigenvalue weighted by Gasteiger charge is 2.10. The number of hydrogen-bond acceptors (Lipinski definition) is 7. The van der Waals surface area contributed by atoms with Gasteiger partial charge in [0, 0.05) is 19.8 Å². The van der Waals surface area contributed by atoms with Gasteiger partial charge in [-0.05, 0) is 78.7 Å². The molecular formula is C28H31N3O5. The Morgan fingerprint density at radius 2 is 1.81 bits per heavy atom. The van der Waals surface area contributed by atoms with Crippen LogP contribution in [0.1, 0.15) is 5.56 Å². The highest BCUT2D eigenvalue weighted by molar-refractivity contribution is 5.81. The predicted molar refractivity (Wildman–Crippen MR) is 140 cm³/mol. The van der Waals surface area contributed by atoms with Crippen LogP contribution >= 0.6 is 0 Å². The SMILES string of the molecule is COc1ccc(CCNCC(O)COc2ccc(-c3cc4ncccc4c(=O)n3C)cc2)cc1OC. The summed E-state index contributed by atoms with van der Waals surface area (Å²) in [5.41, 5.74) is 3.35. The van der Waals surface area contributed by atoms with E-state index >= 15 is 0 Å². The number of aliphatic hydroxyl groups is 1. The molecule has 2 aromatic carbocycles. The highest BCUT2D eigenvalue weighted by Crippen LogP contribution is 2.27. The molecule has 4 rings (SSSR count). The third kappa shape index (κ3) is 5.84. The van der Waals surface area contributed by atoms with E-state index in [9.17, 15) is 9.90 Å². The van der Waals surface area contributed by atoms with Gasteiger partial charge in [0.1, 0.15) is 18.5 Å². The minimum atomic E-state index is -0.650. The zero-order chi connectivity index (χ0) is 25.5. The van der Waals surface area contributed by atoms with E-state index in [1.807, 2.05) is 48.5 Å². The van der Waals surface area contributed by atoms with E-state index in [0.717, 1.165) is 23.2 Å². The number of aliphatic hydroxyl groups excluding tert-OH is 1. The zero-order valence-corrected chi connectivity index (χ0v) is 20.7. The maximum absolute atomic E-state index is 12.7. The number of rotatable bonds is 11. The molecule has 0 aliphatic rings. The number of nitrogens with one attached hydrogen (secondary N) is 1. The lowest BCUT2D eigenvalue weighted by Crippen LogP contribution is -2.32. The Morgan fingerprint density at radius 1 is 1.03 bits per heavy atom. The van der Waals surface area contributed by atoms with Gasteiger partial charge in [-0.15, -0.1) is 0 Å². The van der Waals surface area contributed by atoms with Gasteiger partial charge in [0.15, 0.2) is 11.5 Å². The van der Waals surface area contributed by atoms with Crippen LogP contribution in [0, 0.1) is 0 Å². The monoisotopic (exact) mass is 489 g/mol. The van der Waals surface area contributed by atoms with Gasteiger partial charge in [-0.25, -0.2) is 0 Å². The second-order valence-electron chi connectivity index (χ2n) is 8.46. The molecular weight excluding hydrogens is 458 g/mol. The van der Waals surface area contributed by atoms with Crippen molar-refractivity contribution >= 4 is 10.9 Å². The topological polar surface area (TPSA) is 94.8 Å². The standard InChI is InChI=1S/C28H31N3O5/c1-31-25(16-24-23(28(31)33)5-4-13-30-24)20-7-9-22(10-8-20)36-18-21(32)17-29-14-12-19-6-11-26(34-2)27(15-19)35-3/h4-11,13,15-16,21,29,32H,12,14,17-18H2,1-3H3. The number of fused-ring (bicyclic) bond motifs is 1. The van der Waals surface area contributed by atoms with Crippen LogP contribution in [-0.2, 0) is 13.5 Å². The van der Waals surface area contributed by atoms with Gasteiger partial charge in [0.2, 0.25) is 0 Å². The van der Waals surface area contributed by atoms with E-state index in [1.54, 1.807) is 44.2 Å². The normalized spacial score (nSPS) is 11.9. The molecule has 0 saturated carbocycles. The fraction of sp³-hybridized carbons (Fsp3) is 0.286. The maximum atomic E-state index is 12.7. The molecule has 2 aromatic heterocycles. The van der Waals surface area contributed by atoms with Crippen LogP contribution in [0.2, 0.25) is 0 Å². The summed E-state index contributed by atoms with van der Waals surface area (Å²) in [7, 11) is 4.99. The van der Waals surface area contributed by atoms with E-state index in [4.69, 9.17) is 14.2 Å². The molecule has 8 heteroatoms. The number of benzene rings is 2. The molecule has 0 bridgehead atoms. The summed E-state index contributed by atoms with van der Waals surface area (Å²) in [6.45, 7) is 1.29. The minimum Gasteiger partial charge on any atom is -0.493 e. The van der Waals surface area contributed by atoms with E-state index in [2.05, 4.69) is 10.3 Å². The number of hydrogen-bond donors (Lipinski definition) is 2. The van der Waals surface area contributed by atoms with Crippen molar-refractivity contribution in [3.05, 3.63) is 82.8 Å². The molecule has 8 nitrogen and oxygen atoms in total. The van der Waals surface area contributed by atoms with Crippen LogP contribution in [0.3, 0.4) is 0 Å². The zero-order valence-electron chi connectivity index (χ0n) is 20.7. The predicted octanol–water partition coefficient (Wildman–Crippen LogP) is 3.19. The molecule has 0 radical (unpaired) electrons. The molecule has 0 aliphatic heterocycles. The van der Waals surface area contributed by atoms with Crippen molar-refractivity contribution < 1.29 is 19.3 Å². The van der Waals surface area contributed by atoms with Crippen LogP contribution in [-0.4, -0.2) is 54.7 Å². The van der Waals surface area contributed by atoms with Gasteiger partial charge in [0.05, 0.1) is 30.8 Å². The fourth-order valence-electron chi connectivity index (χ4n) is 4.02. The van der Waals surface area contributed by atoms with Crippen molar-refractivity contribution in [3.8, 4) is 28.5 Å². The molecule has 0 spiro atoms. The van der Waals surface area contributed by atoms with Gasteiger partial charge < -0.3 is 29.2 Å². The number of pyridine rings is 2. The van der Waals surface area contributed by atoms with Crippen LogP contribution in [0.15, 0.2) is 71.7 Å². The van der Waals surface area contributed by atoms with Gasteiger partial charge in [0.25, 0.3) is 5.56 Å². The first-order valence-electron chi connectivity index (χ1n) is 11.8. The molecule has 4 aromatic rings. The van der Waals surface area contributed by atoms with Crippen molar-refractivity contribution in [2.75, 3.05) is 33.9 Å². The number of ether oxygens (including phenoxy) is 3. The molecule has 2 N–H and O–H groups in total. The fourth-order valence-corrected chi connectivity index (χ4v) is 4.02. The molecule has 0 amide bonds. The molecule has 0 saturated heterocycles. The molecule has 0 fully saturated rings. The summed E-state index contributed by atoms with van der Waals surface area (Å²) < 4.78 is 18.0. The third-order valence-electron chi connectivity index (χ3n) is 6.02. The van der Waals surface area contributed by atoms with E-state index in [-0.39, 0.29) is 12.2 Å². The van der Waals surface area contributed by atoms with E-state index in [1.165, 1.54) is 0 Å². The van der Waals surface area contributed by atoms with Crippen molar-refractivity contribution in [2.45, 2.75) is 12.5 Å². The summed E-state index contributed by atoms with van der Waals surface area (Å²) in [6.07, 6.45) is 1.82. The summed E-state index contributed by atoms with van der Waals surface area (Å²) >= 11 is 0. The second-order valence-corrected chi connectivity index (χ2v) is 8.46. The minimum absolute atomic E-state index is 0.0855. The van der Waals surface area contributed by atoms with Gasteiger partial charge in [-0.2, -0.15) is 0 Å². The lowest BCUT2D eigenvalue weighted by atomic mass is 10.1. The number of aromatic nitrogens is 2. The van der Waals surface area contributed by atoms with Gasteiger partial charge in [-0.1, -0.05) is 6.07 Å². The van der Waals surface area contributed by atoms with Crippen LogP contribution in [0.4, 0.5) is 0 Å². The summed E-state index contributed by atoms with van der Waals surface area (Å²) in [4.78, 5) is 17.0. The van der Waals surface area contributed by atoms with Crippen LogP contribution in [0.25, 0.3) is 22.2 Å². The smallest absolute Gasteiger partial charge is 0.260 e. The Balaban J connectivity index is 1.27. The second kappa shape index (κ2) is 11.7. The lowest BCUT2D eigenvalue weighted by molar-refractivity contribution is 0.106. The van der Waals surface area contributed by atoms with Crippen LogP contribution in [0.5, 0.6) is 17.2 Å². The maximum Gasteiger partial charge on any atom is 0.260 e. The molecule has 1 atom stereocenters. The summed E-state index contributed by atoms with van der Waals surface area (Å²) in [5, 5.41) is 14.1. The van der Waals surface area contributed by atoms with E-state index < -0.39 is 6.10 Å². The molecule has 36 heavy (non-hydrogen) atoms. The molecule has 2 heterocycles. The Labute approximate surface area is 210 Å². The Bertz CT molecular complexity index is 1370. The Morgan fingerprint density at radius 3 is 2.56 bits per heavy atom. The van der Waals surface area contributed by atoms with Gasteiger partial charge in [-0.3, -0.25) is 9.78 Å². The van der Waals surface area contributed by atoms with Crippen molar-refractivity contribution in [2.24, 2.45) is 7.05 Å². The Kier molecular flexibility index (Phi) is 8.20. The van der Waals surface area contributed by atoms with Gasteiger partial charge >= 0.3 is 0 Å². The number of nitrogens with zero attached hydrogens (tertiary/aromatic N) is 2. The molecule has 188 valence electrons. The molecule has 0 aliphatic carbocycles. The Hall–Kier alpha value is -3.88. The quantitative estimate of drug-likeness (QED) is 0.313. The first kappa shape index (κ1) is 25.2. The third-order valence-corrected chi connectivity index (χ3v) is 6.02. The summed E-state index contributed by atoms with van der Waals surface area (Å²) in [5.74, 6) is 2.05. The number of methoxy groups -OCH3 is 2. The summed E-state index contributed by atoms with van der Waals surface area (Å²) in [6, 6.07) is 18.7. The average molecular weight is 490 g/mol. The first-order valence-corrected chi connectivity index (χ1v) is 11.8.